The number of nitrogens with zero attached hydrogens (tertiary/aromatic N) is 2. The second-order valence-electron chi connectivity index (χ2n) is 3.41. The van der Waals surface area contributed by atoms with Crippen LogP contribution in [-0.4, -0.2) is 20.9 Å². The lowest BCUT2D eigenvalue weighted by atomic mass is 10.2. The molecule has 1 aromatic heterocycles. The van der Waals surface area contributed by atoms with Gasteiger partial charge in [0.25, 0.3) is 0 Å². The third-order valence-corrected chi connectivity index (χ3v) is 2.66. The van der Waals surface area contributed by atoms with Gasteiger partial charge in [0.2, 0.25) is 0 Å². The number of halogens is 1. The Morgan fingerprint density at radius 1 is 1.50 bits per heavy atom. The van der Waals surface area contributed by atoms with Crippen LogP contribution in [0.5, 0.6) is 0 Å². The number of aromatic carboxylic acids is 1. The van der Waals surface area contributed by atoms with Crippen LogP contribution in [0.1, 0.15) is 15.9 Å². The largest absolute Gasteiger partial charge is 0.478 e. The molecule has 0 saturated carbocycles. The van der Waals surface area contributed by atoms with E-state index in [2.05, 4.69) is 5.10 Å². The van der Waals surface area contributed by atoms with Gasteiger partial charge >= 0.3 is 5.97 Å². The van der Waals surface area contributed by atoms with Crippen LogP contribution in [0.25, 0.3) is 5.69 Å². The van der Waals surface area contributed by atoms with Gasteiger partial charge in [0, 0.05) is 11.2 Å². The van der Waals surface area contributed by atoms with Crippen LogP contribution in [0.2, 0.25) is 5.02 Å². The smallest absolute Gasteiger partial charge is 0.338 e. The van der Waals surface area contributed by atoms with E-state index in [-0.39, 0.29) is 5.56 Å². The van der Waals surface area contributed by atoms with Crippen molar-refractivity contribution in [3.8, 4) is 5.69 Å². The van der Waals surface area contributed by atoms with E-state index in [1.165, 1.54) is 17.1 Å². The van der Waals surface area contributed by atoms with Crippen LogP contribution in [0, 0.1) is 6.92 Å². The minimum Gasteiger partial charge on any atom is -0.478 e. The SMILES string of the molecule is Cc1ccc(-n2cc(C(=O)O)cn2)cc1Cl. The normalized spacial score (nSPS) is 10.4. The summed E-state index contributed by atoms with van der Waals surface area (Å²) in [6, 6.07) is 5.44. The summed E-state index contributed by atoms with van der Waals surface area (Å²) < 4.78 is 1.48. The number of carboxylic acid groups (broad SMARTS) is 1. The minimum absolute atomic E-state index is 0.150. The molecule has 0 atom stereocenters. The summed E-state index contributed by atoms with van der Waals surface area (Å²) in [4.78, 5) is 10.7. The average molecular weight is 237 g/mol. The van der Waals surface area contributed by atoms with E-state index in [9.17, 15) is 4.79 Å². The predicted molar refractivity (Wildman–Crippen MR) is 60.3 cm³/mol. The van der Waals surface area contributed by atoms with E-state index in [0.717, 1.165) is 11.3 Å². The summed E-state index contributed by atoms with van der Waals surface area (Å²) in [7, 11) is 0. The van der Waals surface area contributed by atoms with Crippen molar-refractivity contribution in [1.29, 1.82) is 0 Å². The van der Waals surface area contributed by atoms with E-state index in [1.807, 2.05) is 19.1 Å². The molecule has 82 valence electrons. The Balaban J connectivity index is 2.42. The molecule has 0 aliphatic rings. The predicted octanol–water partition coefficient (Wildman–Crippen LogP) is 2.53. The third-order valence-electron chi connectivity index (χ3n) is 2.25. The van der Waals surface area contributed by atoms with Crippen LogP contribution >= 0.6 is 11.6 Å². The number of hydrogen-bond acceptors (Lipinski definition) is 2. The number of aromatic nitrogens is 2. The van der Waals surface area contributed by atoms with Crippen LogP contribution < -0.4 is 0 Å². The van der Waals surface area contributed by atoms with Crippen molar-refractivity contribution in [2.75, 3.05) is 0 Å². The number of benzene rings is 1. The van der Waals surface area contributed by atoms with E-state index in [1.54, 1.807) is 6.07 Å². The Hall–Kier alpha value is -1.81. The van der Waals surface area contributed by atoms with Gasteiger partial charge in [-0.15, -0.1) is 0 Å². The van der Waals surface area contributed by atoms with Crippen molar-refractivity contribution in [2.45, 2.75) is 6.92 Å². The van der Waals surface area contributed by atoms with Crippen molar-refractivity contribution in [3.63, 3.8) is 0 Å². The van der Waals surface area contributed by atoms with Gasteiger partial charge in [-0.25, -0.2) is 9.48 Å². The number of carbonyl (C=O) groups is 1. The topological polar surface area (TPSA) is 55.1 Å². The highest BCUT2D eigenvalue weighted by molar-refractivity contribution is 6.31. The molecule has 5 heteroatoms. The second-order valence-corrected chi connectivity index (χ2v) is 3.82. The molecule has 1 heterocycles. The van der Waals surface area contributed by atoms with Crippen molar-refractivity contribution in [1.82, 2.24) is 9.78 Å². The fourth-order valence-corrected chi connectivity index (χ4v) is 1.47. The third kappa shape index (κ3) is 1.92. The minimum atomic E-state index is -0.996. The zero-order chi connectivity index (χ0) is 11.7. The molecule has 2 rings (SSSR count). The quantitative estimate of drug-likeness (QED) is 0.872. The Morgan fingerprint density at radius 3 is 2.81 bits per heavy atom. The first-order valence-electron chi connectivity index (χ1n) is 4.62. The number of hydrogen-bond donors (Lipinski definition) is 1. The zero-order valence-corrected chi connectivity index (χ0v) is 9.27. The van der Waals surface area contributed by atoms with Gasteiger partial charge in [-0.3, -0.25) is 0 Å². The van der Waals surface area contributed by atoms with Gasteiger partial charge in [0.1, 0.15) is 0 Å². The summed E-state index contributed by atoms with van der Waals surface area (Å²) in [5.74, 6) is -0.996. The molecule has 0 spiro atoms. The standard InChI is InChI=1S/C11H9ClN2O2/c1-7-2-3-9(4-10(7)12)14-6-8(5-13-14)11(15)16/h2-6H,1H3,(H,15,16). The molecule has 0 radical (unpaired) electrons. The van der Waals surface area contributed by atoms with E-state index >= 15 is 0 Å². The van der Waals surface area contributed by atoms with Gasteiger partial charge < -0.3 is 5.11 Å². The molecule has 1 N–H and O–H groups in total. The maximum Gasteiger partial charge on any atom is 0.338 e. The lowest BCUT2D eigenvalue weighted by molar-refractivity contribution is 0.0697. The Bertz CT molecular complexity index is 549. The van der Waals surface area contributed by atoms with Crippen molar-refractivity contribution < 1.29 is 9.90 Å². The summed E-state index contributed by atoms with van der Waals surface area (Å²) in [5, 5.41) is 13.3. The molecular formula is C11H9ClN2O2. The van der Waals surface area contributed by atoms with Gasteiger partial charge in [0.05, 0.1) is 17.4 Å². The molecule has 2 aromatic rings. The molecule has 0 unspecified atom stereocenters. The first kappa shape index (κ1) is 10.7. The molecule has 0 aliphatic heterocycles. The Kier molecular flexibility index (Phi) is 2.66. The van der Waals surface area contributed by atoms with Crippen molar-refractivity contribution in [3.05, 3.63) is 46.7 Å². The summed E-state index contributed by atoms with van der Waals surface area (Å²) in [6.45, 7) is 1.90. The number of carboxylic acids is 1. The molecule has 0 bridgehead atoms. The molecule has 0 saturated heterocycles. The van der Waals surface area contributed by atoms with E-state index in [0.29, 0.717) is 5.02 Å². The fraction of sp³-hybridized carbons (Fsp3) is 0.0909. The van der Waals surface area contributed by atoms with E-state index in [4.69, 9.17) is 16.7 Å². The lowest BCUT2D eigenvalue weighted by Gasteiger charge is -2.03. The average Bonchev–Trinajstić information content (AvgIpc) is 2.71. The monoisotopic (exact) mass is 236 g/mol. The lowest BCUT2D eigenvalue weighted by Crippen LogP contribution is -1.96. The van der Waals surface area contributed by atoms with Gasteiger partial charge in [-0.1, -0.05) is 17.7 Å². The number of aryl methyl sites for hydroxylation is 1. The first-order chi connectivity index (χ1) is 7.58. The number of rotatable bonds is 2. The van der Waals surface area contributed by atoms with Crippen molar-refractivity contribution in [2.24, 2.45) is 0 Å². The Morgan fingerprint density at radius 2 is 2.25 bits per heavy atom. The van der Waals surface area contributed by atoms with E-state index < -0.39 is 5.97 Å². The molecule has 0 fully saturated rings. The summed E-state index contributed by atoms with van der Waals surface area (Å²) >= 11 is 5.98. The highest BCUT2D eigenvalue weighted by atomic mass is 35.5. The molecule has 1 aromatic carbocycles. The summed E-state index contributed by atoms with van der Waals surface area (Å²) in [5.41, 5.74) is 1.86. The highest BCUT2D eigenvalue weighted by Gasteiger charge is 2.07. The maximum absolute atomic E-state index is 10.7. The molecule has 0 aliphatic carbocycles. The molecule has 16 heavy (non-hydrogen) atoms. The summed E-state index contributed by atoms with van der Waals surface area (Å²) in [6.07, 6.45) is 2.75. The van der Waals surface area contributed by atoms with Crippen LogP contribution in [0.4, 0.5) is 0 Å². The van der Waals surface area contributed by atoms with Gasteiger partial charge in [0.15, 0.2) is 0 Å². The molecule has 0 amide bonds. The first-order valence-corrected chi connectivity index (χ1v) is 5.00. The molecule has 4 nitrogen and oxygen atoms in total. The van der Waals surface area contributed by atoms with Crippen molar-refractivity contribution >= 4 is 17.6 Å². The van der Waals surface area contributed by atoms with Crippen LogP contribution in [0.3, 0.4) is 0 Å². The highest BCUT2D eigenvalue weighted by Crippen LogP contribution is 2.19. The molecular weight excluding hydrogens is 228 g/mol. The van der Waals surface area contributed by atoms with Gasteiger partial charge in [-0.2, -0.15) is 5.10 Å². The van der Waals surface area contributed by atoms with Crippen LogP contribution in [-0.2, 0) is 0 Å². The fourth-order valence-electron chi connectivity index (χ4n) is 1.30. The van der Waals surface area contributed by atoms with Crippen LogP contribution in [0.15, 0.2) is 30.6 Å². The zero-order valence-electron chi connectivity index (χ0n) is 8.51. The maximum atomic E-state index is 10.7. The second kappa shape index (κ2) is 3.98. The van der Waals surface area contributed by atoms with Gasteiger partial charge in [-0.05, 0) is 24.6 Å². The Labute approximate surface area is 97.1 Å².